The summed E-state index contributed by atoms with van der Waals surface area (Å²) < 4.78 is 7.73. The molecule has 1 saturated heterocycles. The summed E-state index contributed by atoms with van der Waals surface area (Å²) >= 11 is 0. The molecule has 1 aromatic heterocycles. The van der Waals surface area contributed by atoms with Gasteiger partial charge in [-0.15, -0.1) is 17.5 Å². The van der Waals surface area contributed by atoms with E-state index in [-0.39, 0.29) is 30.5 Å². The average Bonchev–Trinajstić information content (AvgIpc) is 3.01. The van der Waals surface area contributed by atoms with E-state index in [1.807, 2.05) is 9.58 Å². The SMILES string of the molecule is Cl.NC1(C(=O)N2CC[C@@H]3OCc4cnnn4[C@H]3C2)CC1. The summed E-state index contributed by atoms with van der Waals surface area (Å²) in [5, 5.41) is 8.06. The lowest BCUT2D eigenvalue weighted by atomic mass is 9.99. The van der Waals surface area contributed by atoms with Gasteiger partial charge in [0.15, 0.2) is 0 Å². The van der Waals surface area contributed by atoms with Gasteiger partial charge in [0, 0.05) is 13.1 Å². The van der Waals surface area contributed by atoms with Gasteiger partial charge in [-0.05, 0) is 19.3 Å². The van der Waals surface area contributed by atoms with Gasteiger partial charge in [-0.25, -0.2) is 4.68 Å². The van der Waals surface area contributed by atoms with E-state index in [1.165, 1.54) is 0 Å². The molecule has 3 heterocycles. The molecule has 2 aliphatic heterocycles. The normalized spacial score (nSPS) is 29.9. The van der Waals surface area contributed by atoms with E-state index in [4.69, 9.17) is 10.5 Å². The molecule has 1 saturated carbocycles. The van der Waals surface area contributed by atoms with Crippen LogP contribution in [0.15, 0.2) is 6.20 Å². The van der Waals surface area contributed by atoms with Crippen molar-refractivity contribution in [2.75, 3.05) is 13.1 Å². The fraction of sp³-hybridized carbons (Fsp3) is 0.750. The molecule has 2 fully saturated rings. The monoisotopic (exact) mass is 299 g/mol. The Hall–Kier alpha value is -1.18. The Balaban J connectivity index is 0.00000121. The number of halogens is 1. The molecule has 20 heavy (non-hydrogen) atoms. The number of hydrogen-bond donors (Lipinski definition) is 1. The van der Waals surface area contributed by atoms with Crippen molar-refractivity contribution in [3.63, 3.8) is 0 Å². The van der Waals surface area contributed by atoms with Crippen LogP contribution in [-0.4, -0.2) is 50.5 Å². The number of rotatable bonds is 1. The molecule has 7 nitrogen and oxygen atoms in total. The predicted octanol–water partition coefficient (Wildman–Crippen LogP) is -0.137. The maximum absolute atomic E-state index is 12.3. The van der Waals surface area contributed by atoms with Crippen molar-refractivity contribution in [2.24, 2.45) is 5.73 Å². The van der Waals surface area contributed by atoms with Gasteiger partial charge >= 0.3 is 0 Å². The maximum atomic E-state index is 12.3. The van der Waals surface area contributed by atoms with Crippen molar-refractivity contribution in [1.82, 2.24) is 19.9 Å². The Labute approximate surface area is 122 Å². The third kappa shape index (κ3) is 2.01. The van der Waals surface area contributed by atoms with E-state index >= 15 is 0 Å². The number of fused-ring (bicyclic) bond motifs is 3. The molecule has 0 aromatic carbocycles. The van der Waals surface area contributed by atoms with E-state index in [0.717, 1.165) is 31.5 Å². The Morgan fingerprint density at radius 3 is 3.05 bits per heavy atom. The summed E-state index contributed by atoms with van der Waals surface area (Å²) in [4.78, 5) is 14.2. The van der Waals surface area contributed by atoms with Gasteiger partial charge in [-0.3, -0.25) is 4.79 Å². The highest BCUT2D eigenvalue weighted by molar-refractivity contribution is 5.89. The zero-order valence-electron chi connectivity index (χ0n) is 11.1. The third-order valence-electron chi connectivity index (χ3n) is 4.43. The minimum Gasteiger partial charge on any atom is -0.370 e. The number of nitrogens with two attached hydrogens (primary N) is 1. The number of carbonyl (C=O) groups excluding carboxylic acids is 1. The van der Waals surface area contributed by atoms with Crippen LogP contribution in [0, 0.1) is 0 Å². The molecule has 2 N–H and O–H groups in total. The van der Waals surface area contributed by atoms with E-state index in [9.17, 15) is 4.79 Å². The second kappa shape index (κ2) is 4.68. The first-order valence-corrected chi connectivity index (χ1v) is 6.76. The second-order valence-corrected chi connectivity index (χ2v) is 5.78. The molecular formula is C12H18ClN5O2. The minimum atomic E-state index is -0.590. The van der Waals surface area contributed by atoms with E-state index in [2.05, 4.69) is 10.3 Å². The van der Waals surface area contributed by atoms with E-state index < -0.39 is 5.54 Å². The molecule has 0 bridgehead atoms. The van der Waals surface area contributed by atoms with Crippen LogP contribution in [0.4, 0.5) is 0 Å². The Kier molecular flexibility index (Phi) is 3.23. The van der Waals surface area contributed by atoms with Crippen molar-refractivity contribution < 1.29 is 9.53 Å². The summed E-state index contributed by atoms with van der Waals surface area (Å²) in [6.45, 7) is 1.91. The van der Waals surface area contributed by atoms with Crippen LogP contribution in [0.3, 0.4) is 0 Å². The molecule has 8 heteroatoms. The quantitative estimate of drug-likeness (QED) is 0.780. The number of ether oxygens (including phenoxy) is 1. The van der Waals surface area contributed by atoms with Gasteiger partial charge in [0.2, 0.25) is 5.91 Å². The van der Waals surface area contributed by atoms with Crippen LogP contribution >= 0.6 is 12.4 Å². The maximum Gasteiger partial charge on any atom is 0.242 e. The van der Waals surface area contributed by atoms with Gasteiger partial charge in [-0.2, -0.15) is 0 Å². The summed E-state index contributed by atoms with van der Waals surface area (Å²) in [6, 6.07) is 0.0753. The van der Waals surface area contributed by atoms with Gasteiger partial charge in [0.25, 0.3) is 0 Å². The number of nitrogens with zero attached hydrogens (tertiary/aromatic N) is 4. The van der Waals surface area contributed by atoms with Gasteiger partial charge in [0.05, 0.1) is 36.2 Å². The predicted molar refractivity (Wildman–Crippen MR) is 72.2 cm³/mol. The van der Waals surface area contributed by atoms with Crippen LogP contribution in [0.1, 0.15) is 31.0 Å². The second-order valence-electron chi connectivity index (χ2n) is 5.78. The van der Waals surface area contributed by atoms with Crippen LogP contribution in [0.2, 0.25) is 0 Å². The molecule has 0 unspecified atom stereocenters. The van der Waals surface area contributed by atoms with Crippen molar-refractivity contribution in [1.29, 1.82) is 0 Å². The zero-order valence-corrected chi connectivity index (χ0v) is 11.9. The topological polar surface area (TPSA) is 86.3 Å². The lowest BCUT2D eigenvalue weighted by molar-refractivity contribution is -0.140. The van der Waals surface area contributed by atoms with Crippen LogP contribution in [0.5, 0.6) is 0 Å². The molecule has 2 atom stereocenters. The smallest absolute Gasteiger partial charge is 0.242 e. The van der Waals surface area contributed by atoms with Gasteiger partial charge in [0.1, 0.15) is 0 Å². The lowest BCUT2D eigenvalue weighted by Gasteiger charge is -2.41. The molecular weight excluding hydrogens is 282 g/mol. The van der Waals surface area contributed by atoms with Gasteiger partial charge in [-0.1, -0.05) is 5.21 Å². The van der Waals surface area contributed by atoms with Crippen LogP contribution < -0.4 is 5.73 Å². The van der Waals surface area contributed by atoms with Crippen LogP contribution in [0.25, 0.3) is 0 Å². The van der Waals surface area contributed by atoms with E-state index in [0.29, 0.717) is 13.2 Å². The molecule has 3 aliphatic rings. The first kappa shape index (κ1) is 13.8. The number of piperidine rings is 1. The minimum absolute atomic E-state index is 0. The fourth-order valence-electron chi connectivity index (χ4n) is 3.03. The molecule has 0 radical (unpaired) electrons. The zero-order chi connectivity index (χ0) is 13.0. The first-order chi connectivity index (χ1) is 9.17. The van der Waals surface area contributed by atoms with Crippen molar-refractivity contribution in [2.45, 2.75) is 43.6 Å². The number of amides is 1. The Morgan fingerprint density at radius 2 is 2.30 bits per heavy atom. The highest BCUT2D eigenvalue weighted by atomic mass is 35.5. The van der Waals surface area contributed by atoms with Crippen molar-refractivity contribution >= 4 is 18.3 Å². The summed E-state index contributed by atoms with van der Waals surface area (Å²) in [7, 11) is 0. The summed E-state index contributed by atoms with van der Waals surface area (Å²) in [5.41, 5.74) is 6.39. The standard InChI is InChI=1S/C12H17N5O2.ClH/c13-12(2-3-12)11(18)16-4-1-10-9(6-16)17-8(7-19-10)5-14-15-17;/h5,9-10H,1-4,6-7,13H2;1H/t9-,10-;/m0./s1. The molecule has 1 aromatic rings. The molecule has 4 rings (SSSR count). The van der Waals surface area contributed by atoms with Crippen molar-refractivity contribution in [3.05, 3.63) is 11.9 Å². The van der Waals surface area contributed by atoms with Crippen LogP contribution in [-0.2, 0) is 16.1 Å². The lowest BCUT2D eigenvalue weighted by Crippen LogP contribution is -2.54. The Bertz CT molecular complexity index is 530. The summed E-state index contributed by atoms with van der Waals surface area (Å²) in [6.07, 6.45) is 4.31. The number of hydrogen-bond acceptors (Lipinski definition) is 5. The number of aromatic nitrogens is 3. The average molecular weight is 300 g/mol. The molecule has 0 spiro atoms. The summed E-state index contributed by atoms with van der Waals surface area (Å²) in [5.74, 6) is 0.0817. The fourth-order valence-corrected chi connectivity index (χ4v) is 3.03. The van der Waals surface area contributed by atoms with Gasteiger partial charge < -0.3 is 15.4 Å². The first-order valence-electron chi connectivity index (χ1n) is 6.76. The highest BCUT2D eigenvalue weighted by Gasteiger charge is 2.50. The molecule has 1 aliphatic carbocycles. The van der Waals surface area contributed by atoms with E-state index in [1.54, 1.807) is 6.20 Å². The molecule has 110 valence electrons. The molecule has 1 amide bonds. The number of likely N-dealkylation sites (tertiary alicyclic amines) is 1. The largest absolute Gasteiger partial charge is 0.370 e. The van der Waals surface area contributed by atoms with Crippen molar-refractivity contribution in [3.8, 4) is 0 Å². The Morgan fingerprint density at radius 1 is 1.50 bits per heavy atom. The third-order valence-corrected chi connectivity index (χ3v) is 4.43. The highest BCUT2D eigenvalue weighted by Crippen LogP contribution is 2.37. The number of carbonyl (C=O) groups is 1.